The van der Waals surface area contributed by atoms with E-state index in [4.69, 9.17) is 10.5 Å². The van der Waals surface area contributed by atoms with Crippen molar-refractivity contribution in [2.75, 3.05) is 32.8 Å². The topological polar surface area (TPSA) is 38.5 Å². The van der Waals surface area contributed by atoms with Gasteiger partial charge in [0.15, 0.2) is 0 Å². The first-order valence-corrected chi connectivity index (χ1v) is 4.01. The van der Waals surface area contributed by atoms with Gasteiger partial charge in [0, 0.05) is 25.7 Å². The first-order chi connectivity index (χ1) is 5.38. The van der Waals surface area contributed by atoms with Gasteiger partial charge in [0.2, 0.25) is 0 Å². The van der Waals surface area contributed by atoms with Crippen LogP contribution in [-0.2, 0) is 4.74 Å². The van der Waals surface area contributed by atoms with Crippen LogP contribution >= 0.6 is 0 Å². The third-order valence-corrected chi connectivity index (χ3v) is 1.99. The SMILES string of the molecule is C=CCN1CCOCC1CN. The van der Waals surface area contributed by atoms with E-state index >= 15 is 0 Å². The largest absolute Gasteiger partial charge is 0.378 e. The van der Waals surface area contributed by atoms with Gasteiger partial charge in [0.05, 0.1) is 13.2 Å². The second-order valence-electron chi connectivity index (χ2n) is 2.75. The zero-order valence-corrected chi connectivity index (χ0v) is 6.83. The van der Waals surface area contributed by atoms with Crippen LogP contribution in [0.3, 0.4) is 0 Å². The summed E-state index contributed by atoms with van der Waals surface area (Å²) in [6.45, 7) is 7.87. The molecule has 3 heteroatoms. The molecule has 0 saturated carbocycles. The minimum absolute atomic E-state index is 0.391. The summed E-state index contributed by atoms with van der Waals surface area (Å²) in [5.41, 5.74) is 5.57. The third-order valence-electron chi connectivity index (χ3n) is 1.99. The van der Waals surface area contributed by atoms with E-state index in [0.29, 0.717) is 12.6 Å². The van der Waals surface area contributed by atoms with E-state index < -0.39 is 0 Å². The molecule has 11 heavy (non-hydrogen) atoms. The Morgan fingerprint density at radius 1 is 1.73 bits per heavy atom. The molecule has 1 aliphatic rings. The maximum Gasteiger partial charge on any atom is 0.0634 e. The number of hydrogen-bond donors (Lipinski definition) is 1. The summed E-state index contributed by atoms with van der Waals surface area (Å²) in [6.07, 6.45) is 1.91. The monoisotopic (exact) mass is 156 g/mol. The van der Waals surface area contributed by atoms with Crippen molar-refractivity contribution in [2.24, 2.45) is 5.73 Å². The van der Waals surface area contributed by atoms with Gasteiger partial charge < -0.3 is 10.5 Å². The van der Waals surface area contributed by atoms with E-state index in [2.05, 4.69) is 11.5 Å². The average molecular weight is 156 g/mol. The van der Waals surface area contributed by atoms with Gasteiger partial charge in [-0.2, -0.15) is 0 Å². The van der Waals surface area contributed by atoms with Gasteiger partial charge in [0.25, 0.3) is 0 Å². The molecular formula is C8H16N2O. The van der Waals surface area contributed by atoms with Crippen LogP contribution in [0.4, 0.5) is 0 Å². The molecule has 64 valence electrons. The highest BCUT2D eigenvalue weighted by molar-refractivity contribution is 4.81. The van der Waals surface area contributed by atoms with Gasteiger partial charge >= 0.3 is 0 Å². The summed E-state index contributed by atoms with van der Waals surface area (Å²) < 4.78 is 5.29. The first kappa shape index (κ1) is 8.71. The van der Waals surface area contributed by atoms with Crippen molar-refractivity contribution >= 4 is 0 Å². The quantitative estimate of drug-likeness (QED) is 0.577. The summed E-state index contributed by atoms with van der Waals surface area (Å²) in [5, 5.41) is 0. The van der Waals surface area contributed by atoms with E-state index in [1.807, 2.05) is 6.08 Å². The predicted molar refractivity (Wildman–Crippen MR) is 45.4 cm³/mol. The number of morpholine rings is 1. The summed E-state index contributed by atoms with van der Waals surface area (Å²) in [7, 11) is 0. The highest BCUT2D eigenvalue weighted by atomic mass is 16.5. The molecule has 0 amide bonds. The molecule has 1 atom stereocenters. The van der Waals surface area contributed by atoms with Gasteiger partial charge in [-0.1, -0.05) is 6.08 Å². The normalized spacial score (nSPS) is 26.8. The average Bonchev–Trinajstić information content (AvgIpc) is 2.06. The fourth-order valence-corrected chi connectivity index (χ4v) is 1.31. The van der Waals surface area contributed by atoms with E-state index in [1.54, 1.807) is 0 Å². The van der Waals surface area contributed by atoms with E-state index in [9.17, 15) is 0 Å². The maximum absolute atomic E-state index is 5.57. The van der Waals surface area contributed by atoms with Crippen LogP contribution < -0.4 is 5.73 Å². The lowest BCUT2D eigenvalue weighted by atomic mass is 10.2. The van der Waals surface area contributed by atoms with Crippen molar-refractivity contribution in [1.29, 1.82) is 0 Å². The molecule has 0 aliphatic carbocycles. The van der Waals surface area contributed by atoms with Gasteiger partial charge in [-0.25, -0.2) is 0 Å². The van der Waals surface area contributed by atoms with Crippen molar-refractivity contribution in [3.05, 3.63) is 12.7 Å². The molecule has 1 heterocycles. The number of rotatable bonds is 3. The van der Waals surface area contributed by atoms with Crippen molar-refractivity contribution < 1.29 is 4.74 Å². The molecule has 2 N–H and O–H groups in total. The number of hydrogen-bond acceptors (Lipinski definition) is 3. The standard InChI is InChI=1S/C8H16N2O/c1-2-3-10-4-5-11-7-8(10)6-9/h2,8H,1,3-7,9H2. The second kappa shape index (κ2) is 4.49. The van der Waals surface area contributed by atoms with Crippen LogP contribution in [0, 0.1) is 0 Å². The Labute approximate surface area is 67.8 Å². The fourth-order valence-electron chi connectivity index (χ4n) is 1.31. The number of nitrogens with two attached hydrogens (primary N) is 1. The lowest BCUT2D eigenvalue weighted by Gasteiger charge is -2.33. The second-order valence-corrected chi connectivity index (χ2v) is 2.75. The smallest absolute Gasteiger partial charge is 0.0634 e. The van der Waals surface area contributed by atoms with Crippen molar-refractivity contribution in [3.8, 4) is 0 Å². The van der Waals surface area contributed by atoms with Gasteiger partial charge in [-0.3, -0.25) is 4.90 Å². The molecule has 0 aromatic rings. The van der Waals surface area contributed by atoms with Crippen LogP contribution in [0.1, 0.15) is 0 Å². The Balaban J connectivity index is 2.37. The highest BCUT2D eigenvalue weighted by Crippen LogP contribution is 2.04. The zero-order chi connectivity index (χ0) is 8.10. The summed E-state index contributed by atoms with van der Waals surface area (Å²) >= 11 is 0. The maximum atomic E-state index is 5.57. The number of nitrogens with zero attached hydrogens (tertiary/aromatic N) is 1. The molecule has 1 fully saturated rings. The molecule has 0 spiro atoms. The predicted octanol–water partition coefficient (Wildman–Crippen LogP) is -0.168. The molecule has 0 aromatic heterocycles. The fraction of sp³-hybridized carbons (Fsp3) is 0.750. The summed E-state index contributed by atoms with van der Waals surface area (Å²) in [6, 6.07) is 0.391. The summed E-state index contributed by atoms with van der Waals surface area (Å²) in [5.74, 6) is 0. The molecule has 0 bridgehead atoms. The number of ether oxygens (including phenoxy) is 1. The van der Waals surface area contributed by atoms with Gasteiger partial charge in [0.1, 0.15) is 0 Å². The van der Waals surface area contributed by atoms with E-state index in [-0.39, 0.29) is 0 Å². The van der Waals surface area contributed by atoms with Crippen molar-refractivity contribution in [2.45, 2.75) is 6.04 Å². The molecule has 0 aromatic carbocycles. The molecule has 1 rings (SSSR count). The molecule has 1 aliphatic heterocycles. The highest BCUT2D eigenvalue weighted by Gasteiger charge is 2.19. The van der Waals surface area contributed by atoms with Gasteiger partial charge in [-0.05, 0) is 0 Å². The Morgan fingerprint density at radius 3 is 3.18 bits per heavy atom. The van der Waals surface area contributed by atoms with Crippen LogP contribution in [0.25, 0.3) is 0 Å². The molecule has 1 saturated heterocycles. The minimum atomic E-state index is 0.391. The first-order valence-electron chi connectivity index (χ1n) is 4.01. The lowest BCUT2D eigenvalue weighted by molar-refractivity contribution is 0.00202. The zero-order valence-electron chi connectivity index (χ0n) is 6.83. The summed E-state index contributed by atoms with van der Waals surface area (Å²) in [4.78, 5) is 2.30. The Hall–Kier alpha value is -0.380. The molecular weight excluding hydrogens is 140 g/mol. The third kappa shape index (κ3) is 2.29. The van der Waals surface area contributed by atoms with Crippen LogP contribution in [0.15, 0.2) is 12.7 Å². The Bertz CT molecular complexity index is 127. The lowest BCUT2D eigenvalue weighted by Crippen LogP contribution is -2.49. The van der Waals surface area contributed by atoms with Crippen LogP contribution in [0.2, 0.25) is 0 Å². The van der Waals surface area contributed by atoms with Crippen LogP contribution in [-0.4, -0.2) is 43.8 Å². The Kier molecular flexibility index (Phi) is 3.56. The van der Waals surface area contributed by atoms with Gasteiger partial charge in [-0.15, -0.1) is 6.58 Å². The van der Waals surface area contributed by atoms with Crippen LogP contribution in [0.5, 0.6) is 0 Å². The van der Waals surface area contributed by atoms with Crippen molar-refractivity contribution in [1.82, 2.24) is 4.90 Å². The molecule has 3 nitrogen and oxygen atoms in total. The van der Waals surface area contributed by atoms with E-state index in [0.717, 1.165) is 26.3 Å². The molecule has 0 radical (unpaired) electrons. The molecule has 1 unspecified atom stereocenters. The minimum Gasteiger partial charge on any atom is -0.378 e. The van der Waals surface area contributed by atoms with E-state index in [1.165, 1.54) is 0 Å². The Morgan fingerprint density at radius 2 is 2.55 bits per heavy atom. The van der Waals surface area contributed by atoms with Crippen molar-refractivity contribution in [3.63, 3.8) is 0 Å².